The van der Waals surface area contributed by atoms with E-state index in [0.717, 1.165) is 11.4 Å². The van der Waals surface area contributed by atoms with Gasteiger partial charge in [0.2, 0.25) is 11.7 Å². The topological polar surface area (TPSA) is 71.7 Å². The second-order valence-corrected chi connectivity index (χ2v) is 4.52. The Balaban J connectivity index is 2.02. The van der Waals surface area contributed by atoms with Crippen LogP contribution in [0.4, 0.5) is 11.4 Å². The zero-order chi connectivity index (χ0) is 14.7. The predicted octanol–water partition coefficient (Wildman–Crippen LogP) is 2.55. The molecule has 1 fully saturated rings. The van der Waals surface area contributed by atoms with Crippen molar-refractivity contribution in [2.24, 2.45) is 10.3 Å². The van der Waals surface area contributed by atoms with Crippen LogP contribution in [0.5, 0.6) is 0 Å². The summed E-state index contributed by atoms with van der Waals surface area (Å²) in [7, 11) is 0. The molecule has 0 radical (unpaired) electrons. The summed E-state index contributed by atoms with van der Waals surface area (Å²) in [6, 6.07) is 19.0. The summed E-state index contributed by atoms with van der Waals surface area (Å²) in [5.74, 6) is 0.403. The van der Waals surface area contributed by atoms with Crippen molar-refractivity contribution < 1.29 is 10.4 Å². The molecule has 1 heterocycles. The summed E-state index contributed by atoms with van der Waals surface area (Å²) in [4.78, 5) is 3.53. The van der Waals surface area contributed by atoms with Gasteiger partial charge in [0.1, 0.15) is 6.67 Å². The molecule has 2 aromatic carbocycles. The molecule has 0 bridgehead atoms. The zero-order valence-electron chi connectivity index (χ0n) is 11.2. The number of anilines is 2. The fraction of sp³-hybridized carbons (Fsp3) is 0.0667. The van der Waals surface area contributed by atoms with E-state index in [1.54, 1.807) is 9.80 Å². The summed E-state index contributed by atoms with van der Waals surface area (Å²) < 4.78 is 0. The van der Waals surface area contributed by atoms with Gasteiger partial charge < -0.3 is 20.2 Å². The van der Waals surface area contributed by atoms with Gasteiger partial charge in [0, 0.05) is 11.4 Å². The van der Waals surface area contributed by atoms with Crippen LogP contribution in [-0.4, -0.2) is 28.8 Å². The lowest BCUT2D eigenvalue weighted by Gasteiger charge is -2.19. The predicted molar refractivity (Wildman–Crippen MR) is 81.2 cm³/mol. The van der Waals surface area contributed by atoms with Crippen molar-refractivity contribution in [1.82, 2.24) is 0 Å². The molecule has 1 saturated heterocycles. The van der Waals surface area contributed by atoms with Crippen LogP contribution in [0.2, 0.25) is 0 Å². The van der Waals surface area contributed by atoms with E-state index in [0.29, 0.717) is 6.67 Å². The van der Waals surface area contributed by atoms with E-state index in [-0.39, 0.29) is 11.7 Å². The Kier molecular flexibility index (Phi) is 3.42. The van der Waals surface area contributed by atoms with Crippen LogP contribution in [-0.2, 0) is 0 Å². The number of hydrogen-bond donors (Lipinski definition) is 2. The van der Waals surface area contributed by atoms with E-state index in [4.69, 9.17) is 0 Å². The Labute approximate surface area is 121 Å². The fourth-order valence-electron chi connectivity index (χ4n) is 2.34. The molecule has 106 valence electrons. The van der Waals surface area contributed by atoms with Gasteiger partial charge in [-0.05, 0) is 24.3 Å². The van der Waals surface area contributed by atoms with Crippen molar-refractivity contribution in [3.8, 4) is 0 Å². The van der Waals surface area contributed by atoms with Gasteiger partial charge in [-0.25, -0.2) is 0 Å². The molecule has 0 saturated carbocycles. The first-order valence-corrected chi connectivity index (χ1v) is 6.45. The SMILES string of the molecule is ON=C1C(=NO)N(c2ccccc2)CN1c1ccccc1. The molecule has 3 rings (SSSR count). The highest BCUT2D eigenvalue weighted by molar-refractivity contribution is 6.52. The smallest absolute Gasteiger partial charge is 0.220 e. The maximum Gasteiger partial charge on any atom is 0.220 e. The fourth-order valence-corrected chi connectivity index (χ4v) is 2.34. The Morgan fingerprint density at radius 1 is 0.667 bits per heavy atom. The quantitative estimate of drug-likeness (QED) is 0.656. The van der Waals surface area contributed by atoms with Gasteiger partial charge in [-0.15, -0.1) is 0 Å². The third-order valence-corrected chi connectivity index (χ3v) is 3.32. The Morgan fingerprint density at radius 3 is 1.38 bits per heavy atom. The molecule has 1 aliphatic heterocycles. The largest absolute Gasteiger partial charge is 0.409 e. The van der Waals surface area contributed by atoms with Gasteiger partial charge in [-0.1, -0.05) is 46.7 Å². The monoisotopic (exact) mass is 282 g/mol. The molecule has 2 N–H and O–H groups in total. The Morgan fingerprint density at radius 2 is 1.05 bits per heavy atom. The van der Waals surface area contributed by atoms with Gasteiger partial charge in [0.25, 0.3) is 0 Å². The average Bonchev–Trinajstić information content (AvgIpc) is 2.95. The van der Waals surface area contributed by atoms with E-state index < -0.39 is 0 Å². The summed E-state index contributed by atoms with van der Waals surface area (Å²) >= 11 is 0. The van der Waals surface area contributed by atoms with Crippen molar-refractivity contribution in [3.63, 3.8) is 0 Å². The lowest BCUT2D eigenvalue weighted by Crippen LogP contribution is -2.27. The second-order valence-electron chi connectivity index (χ2n) is 4.52. The summed E-state index contributed by atoms with van der Waals surface area (Å²) in [6.45, 7) is 0.396. The molecule has 0 amide bonds. The molecule has 0 aliphatic carbocycles. The number of oxime groups is 2. The van der Waals surface area contributed by atoms with Gasteiger partial charge in [-0.3, -0.25) is 0 Å². The standard InChI is InChI=1S/C15H14N4O2/c20-16-14-15(17-21)19(13-9-5-2-6-10-13)11-18(14)12-7-3-1-4-8-12/h1-10,20-21H,11H2. The number of rotatable bonds is 2. The van der Waals surface area contributed by atoms with Crippen molar-refractivity contribution >= 4 is 23.0 Å². The number of nitrogens with zero attached hydrogens (tertiary/aromatic N) is 4. The summed E-state index contributed by atoms with van der Waals surface area (Å²) in [5, 5.41) is 25.2. The summed E-state index contributed by atoms with van der Waals surface area (Å²) in [6.07, 6.45) is 0. The lowest BCUT2D eigenvalue weighted by atomic mass is 10.3. The number of benzene rings is 2. The molecular weight excluding hydrogens is 268 g/mol. The summed E-state index contributed by atoms with van der Waals surface area (Å²) in [5.41, 5.74) is 1.70. The van der Waals surface area contributed by atoms with Crippen LogP contribution in [0.1, 0.15) is 0 Å². The van der Waals surface area contributed by atoms with Crippen LogP contribution in [0.3, 0.4) is 0 Å². The lowest BCUT2D eigenvalue weighted by molar-refractivity contribution is 0.314. The average molecular weight is 282 g/mol. The van der Waals surface area contributed by atoms with Crippen molar-refractivity contribution in [3.05, 3.63) is 60.7 Å². The molecule has 1 aliphatic rings. The molecule has 0 aromatic heterocycles. The molecule has 6 heteroatoms. The molecule has 21 heavy (non-hydrogen) atoms. The molecule has 0 atom stereocenters. The van der Waals surface area contributed by atoms with Crippen LogP contribution in [0.25, 0.3) is 0 Å². The maximum absolute atomic E-state index is 9.29. The van der Waals surface area contributed by atoms with Crippen LogP contribution >= 0.6 is 0 Å². The molecule has 2 aromatic rings. The first-order valence-electron chi connectivity index (χ1n) is 6.45. The minimum atomic E-state index is 0.201. The van der Waals surface area contributed by atoms with Crippen LogP contribution in [0.15, 0.2) is 71.0 Å². The van der Waals surface area contributed by atoms with Crippen molar-refractivity contribution in [1.29, 1.82) is 0 Å². The number of hydrogen-bond acceptors (Lipinski definition) is 4. The van der Waals surface area contributed by atoms with Crippen LogP contribution in [0, 0.1) is 0 Å². The second kappa shape index (κ2) is 5.54. The molecule has 0 unspecified atom stereocenters. The van der Waals surface area contributed by atoms with Gasteiger partial charge >= 0.3 is 0 Å². The van der Waals surface area contributed by atoms with Gasteiger partial charge in [0.05, 0.1) is 0 Å². The van der Waals surface area contributed by atoms with E-state index in [9.17, 15) is 10.4 Å². The Bertz CT molecular complexity index is 611. The minimum absolute atomic E-state index is 0.201. The molecule has 0 spiro atoms. The van der Waals surface area contributed by atoms with E-state index >= 15 is 0 Å². The number of para-hydroxylation sites is 2. The maximum atomic E-state index is 9.29. The van der Waals surface area contributed by atoms with Gasteiger partial charge in [0.15, 0.2) is 0 Å². The first kappa shape index (κ1) is 13.0. The highest BCUT2D eigenvalue weighted by atomic mass is 16.4. The van der Waals surface area contributed by atoms with E-state index in [2.05, 4.69) is 10.3 Å². The molecule has 6 nitrogen and oxygen atoms in total. The van der Waals surface area contributed by atoms with Crippen molar-refractivity contribution in [2.45, 2.75) is 0 Å². The first-order chi connectivity index (χ1) is 10.3. The zero-order valence-corrected chi connectivity index (χ0v) is 11.2. The third-order valence-electron chi connectivity index (χ3n) is 3.32. The minimum Gasteiger partial charge on any atom is -0.409 e. The number of amidine groups is 2. The van der Waals surface area contributed by atoms with Gasteiger partial charge in [-0.2, -0.15) is 0 Å². The van der Waals surface area contributed by atoms with Crippen LogP contribution < -0.4 is 9.80 Å². The highest BCUT2D eigenvalue weighted by Crippen LogP contribution is 2.25. The van der Waals surface area contributed by atoms with Crippen molar-refractivity contribution in [2.75, 3.05) is 16.5 Å². The van der Waals surface area contributed by atoms with E-state index in [1.165, 1.54) is 0 Å². The third kappa shape index (κ3) is 2.27. The van der Waals surface area contributed by atoms with E-state index in [1.807, 2.05) is 60.7 Å². The molecular formula is C15H14N4O2. The Hall–Kier alpha value is -3.02. The normalized spacial score (nSPS) is 18.7. The highest BCUT2D eigenvalue weighted by Gasteiger charge is 2.35.